The van der Waals surface area contributed by atoms with E-state index in [4.69, 9.17) is 9.72 Å². The molecule has 0 amide bonds. The highest BCUT2D eigenvalue weighted by atomic mass is 16.5. The Morgan fingerprint density at radius 1 is 1.03 bits per heavy atom. The highest BCUT2D eigenvalue weighted by molar-refractivity contribution is 5.97. The number of benzene rings is 2. The first-order valence-electron chi connectivity index (χ1n) is 11.1. The first-order chi connectivity index (χ1) is 15.2. The van der Waals surface area contributed by atoms with Crippen molar-refractivity contribution < 1.29 is 4.74 Å². The summed E-state index contributed by atoms with van der Waals surface area (Å²) in [5, 5.41) is 4.51. The molecular formula is C26H28N4O. The summed E-state index contributed by atoms with van der Waals surface area (Å²) < 4.78 is 6.08. The van der Waals surface area contributed by atoms with Gasteiger partial charge in [0, 0.05) is 29.2 Å². The summed E-state index contributed by atoms with van der Waals surface area (Å²) in [5.74, 6) is 1.12. The first kappa shape index (κ1) is 19.8. The van der Waals surface area contributed by atoms with Crippen LogP contribution in [-0.4, -0.2) is 34.1 Å². The van der Waals surface area contributed by atoms with E-state index in [9.17, 15) is 0 Å². The second kappa shape index (κ2) is 8.52. The lowest BCUT2D eigenvalue weighted by Gasteiger charge is -2.23. The highest BCUT2D eigenvalue weighted by Gasteiger charge is 2.16. The zero-order valence-electron chi connectivity index (χ0n) is 18.1. The summed E-state index contributed by atoms with van der Waals surface area (Å²) in [6.07, 6.45) is 7.84. The standard InChI is InChI=1S/C26H28N4O/c1-17(2)18-5-7-19(8-6-18)20-9-10-24-22(12-20)23(14-29-24)25-15-28-16-26(30-25)31-21-4-3-11-27-13-21/h5-10,12,14-17,21,27,29H,3-4,11,13H2,1-2H3/t21-/m1/s1. The average molecular weight is 413 g/mol. The van der Waals surface area contributed by atoms with Crippen LogP contribution in [0.5, 0.6) is 5.88 Å². The van der Waals surface area contributed by atoms with Crippen molar-refractivity contribution in [2.75, 3.05) is 13.1 Å². The zero-order valence-corrected chi connectivity index (χ0v) is 18.1. The third-order valence-electron chi connectivity index (χ3n) is 6.02. The van der Waals surface area contributed by atoms with Gasteiger partial charge >= 0.3 is 0 Å². The van der Waals surface area contributed by atoms with E-state index in [0.717, 1.165) is 48.1 Å². The number of hydrogen-bond donors (Lipinski definition) is 2. The molecule has 1 atom stereocenters. The van der Waals surface area contributed by atoms with E-state index in [2.05, 4.69) is 71.6 Å². The Kier molecular flexibility index (Phi) is 5.43. The molecule has 4 aromatic rings. The summed E-state index contributed by atoms with van der Waals surface area (Å²) in [6.45, 7) is 6.36. The monoisotopic (exact) mass is 412 g/mol. The number of rotatable bonds is 5. The number of aromatic amines is 1. The van der Waals surface area contributed by atoms with Crippen molar-refractivity contribution >= 4 is 10.9 Å². The van der Waals surface area contributed by atoms with Gasteiger partial charge in [-0.25, -0.2) is 4.98 Å². The van der Waals surface area contributed by atoms with Gasteiger partial charge in [0.05, 0.1) is 18.1 Å². The maximum absolute atomic E-state index is 6.08. The van der Waals surface area contributed by atoms with E-state index in [1.54, 1.807) is 12.4 Å². The Morgan fingerprint density at radius 3 is 2.65 bits per heavy atom. The van der Waals surface area contributed by atoms with E-state index >= 15 is 0 Å². The van der Waals surface area contributed by atoms with E-state index in [1.807, 2.05) is 6.20 Å². The molecule has 0 radical (unpaired) electrons. The van der Waals surface area contributed by atoms with Crippen molar-refractivity contribution in [1.29, 1.82) is 0 Å². The molecule has 5 heteroatoms. The molecule has 3 heterocycles. The number of nitrogens with zero attached hydrogens (tertiary/aromatic N) is 2. The fraction of sp³-hybridized carbons (Fsp3) is 0.308. The molecule has 0 saturated carbocycles. The van der Waals surface area contributed by atoms with Crippen LogP contribution in [0.3, 0.4) is 0 Å². The van der Waals surface area contributed by atoms with Crippen LogP contribution >= 0.6 is 0 Å². The van der Waals surface area contributed by atoms with Crippen molar-refractivity contribution in [3.05, 3.63) is 66.6 Å². The molecule has 0 unspecified atom stereocenters. The van der Waals surface area contributed by atoms with Crippen LogP contribution in [-0.2, 0) is 0 Å². The van der Waals surface area contributed by atoms with Gasteiger partial charge in [0.1, 0.15) is 6.10 Å². The number of fused-ring (bicyclic) bond motifs is 1. The summed E-state index contributed by atoms with van der Waals surface area (Å²) in [5.41, 5.74) is 6.70. The van der Waals surface area contributed by atoms with Crippen LogP contribution < -0.4 is 10.1 Å². The van der Waals surface area contributed by atoms with Crippen molar-refractivity contribution in [2.24, 2.45) is 0 Å². The lowest BCUT2D eigenvalue weighted by atomic mass is 9.97. The van der Waals surface area contributed by atoms with Crippen molar-refractivity contribution in [3.63, 3.8) is 0 Å². The highest BCUT2D eigenvalue weighted by Crippen LogP contribution is 2.32. The first-order valence-corrected chi connectivity index (χ1v) is 11.1. The number of piperidine rings is 1. The average Bonchev–Trinajstić information content (AvgIpc) is 3.23. The van der Waals surface area contributed by atoms with Gasteiger partial charge in [0.2, 0.25) is 5.88 Å². The predicted molar refractivity (Wildman–Crippen MR) is 125 cm³/mol. The minimum atomic E-state index is 0.154. The second-order valence-corrected chi connectivity index (χ2v) is 8.57. The molecule has 2 aromatic carbocycles. The largest absolute Gasteiger partial charge is 0.472 e. The number of H-pyrrole nitrogens is 1. The van der Waals surface area contributed by atoms with Crippen molar-refractivity contribution in [2.45, 2.75) is 38.7 Å². The normalized spacial score (nSPS) is 16.7. The smallest absolute Gasteiger partial charge is 0.233 e. The number of nitrogens with one attached hydrogen (secondary N) is 2. The molecule has 5 rings (SSSR count). The SMILES string of the molecule is CC(C)c1ccc(-c2ccc3[nH]cc(-c4cncc(O[C@@H]5CCCNC5)n4)c3c2)cc1. The molecule has 2 N–H and O–H groups in total. The molecule has 1 aliphatic rings. The Labute approximate surface area is 182 Å². The van der Waals surface area contributed by atoms with Crippen LogP contribution in [0.25, 0.3) is 33.3 Å². The van der Waals surface area contributed by atoms with Gasteiger partial charge in [0.15, 0.2) is 0 Å². The maximum atomic E-state index is 6.08. The van der Waals surface area contributed by atoms with E-state index in [-0.39, 0.29) is 6.10 Å². The summed E-state index contributed by atoms with van der Waals surface area (Å²) in [6, 6.07) is 15.4. The van der Waals surface area contributed by atoms with Crippen molar-refractivity contribution in [1.82, 2.24) is 20.3 Å². The molecule has 5 nitrogen and oxygen atoms in total. The Hall–Kier alpha value is -3.18. The number of hydrogen-bond acceptors (Lipinski definition) is 4. The van der Waals surface area contributed by atoms with Crippen LogP contribution in [0.4, 0.5) is 0 Å². The summed E-state index contributed by atoms with van der Waals surface area (Å²) >= 11 is 0. The van der Waals surface area contributed by atoms with Crippen LogP contribution in [0, 0.1) is 0 Å². The molecule has 31 heavy (non-hydrogen) atoms. The van der Waals surface area contributed by atoms with E-state index in [0.29, 0.717) is 11.8 Å². The third kappa shape index (κ3) is 4.19. The predicted octanol–water partition coefficient (Wildman–Crippen LogP) is 5.55. The van der Waals surface area contributed by atoms with Crippen LogP contribution in [0.1, 0.15) is 38.2 Å². The van der Waals surface area contributed by atoms with Gasteiger partial charge in [-0.05, 0) is 54.1 Å². The van der Waals surface area contributed by atoms with Gasteiger partial charge in [-0.2, -0.15) is 0 Å². The minimum Gasteiger partial charge on any atom is -0.472 e. The topological polar surface area (TPSA) is 62.8 Å². The molecule has 2 aromatic heterocycles. The van der Waals surface area contributed by atoms with Crippen LogP contribution in [0.2, 0.25) is 0 Å². The zero-order chi connectivity index (χ0) is 21.2. The summed E-state index contributed by atoms with van der Waals surface area (Å²) in [4.78, 5) is 12.5. The van der Waals surface area contributed by atoms with E-state index in [1.165, 1.54) is 16.7 Å². The van der Waals surface area contributed by atoms with Crippen molar-refractivity contribution in [3.8, 4) is 28.3 Å². The lowest BCUT2D eigenvalue weighted by molar-refractivity contribution is 0.160. The maximum Gasteiger partial charge on any atom is 0.233 e. The minimum absolute atomic E-state index is 0.154. The summed E-state index contributed by atoms with van der Waals surface area (Å²) in [7, 11) is 0. The fourth-order valence-corrected chi connectivity index (χ4v) is 4.20. The molecule has 0 bridgehead atoms. The molecule has 1 saturated heterocycles. The Bertz CT molecular complexity index is 1170. The van der Waals surface area contributed by atoms with Gasteiger partial charge in [0.25, 0.3) is 0 Å². The van der Waals surface area contributed by atoms with Gasteiger partial charge in [-0.3, -0.25) is 4.98 Å². The third-order valence-corrected chi connectivity index (χ3v) is 6.02. The van der Waals surface area contributed by atoms with E-state index < -0.39 is 0 Å². The quantitative estimate of drug-likeness (QED) is 0.451. The van der Waals surface area contributed by atoms with Gasteiger partial charge in [-0.1, -0.05) is 44.2 Å². The molecule has 0 aliphatic carbocycles. The Balaban J connectivity index is 1.46. The molecule has 1 aliphatic heterocycles. The lowest BCUT2D eigenvalue weighted by Crippen LogP contribution is -2.37. The second-order valence-electron chi connectivity index (χ2n) is 8.57. The molecular weight excluding hydrogens is 384 g/mol. The Morgan fingerprint density at radius 2 is 1.87 bits per heavy atom. The molecule has 1 fully saturated rings. The van der Waals surface area contributed by atoms with Gasteiger partial charge < -0.3 is 15.0 Å². The molecule has 0 spiro atoms. The van der Waals surface area contributed by atoms with Gasteiger partial charge in [-0.15, -0.1) is 0 Å². The number of aromatic nitrogens is 3. The number of ether oxygens (including phenoxy) is 1. The fourth-order valence-electron chi connectivity index (χ4n) is 4.20. The molecule has 158 valence electrons. The van der Waals surface area contributed by atoms with Crippen LogP contribution in [0.15, 0.2) is 61.1 Å².